The van der Waals surface area contributed by atoms with E-state index < -0.39 is 6.04 Å². The largest absolute Gasteiger partial charge is 0.340 e. The Bertz CT molecular complexity index is 926. The summed E-state index contributed by atoms with van der Waals surface area (Å²) in [7, 11) is 5.41. The van der Waals surface area contributed by atoms with E-state index in [2.05, 4.69) is 4.98 Å². The SMILES string of the molecule is CN(Cc1ccc2ncccc2c1)C(=O)[C@@H](c1cccc(F)c1)N(C)C. The van der Waals surface area contributed by atoms with Crippen molar-refractivity contribution in [1.29, 1.82) is 0 Å². The molecule has 0 spiro atoms. The molecule has 0 bridgehead atoms. The van der Waals surface area contributed by atoms with E-state index in [1.54, 1.807) is 35.2 Å². The van der Waals surface area contributed by atoms with Crippen LogP contribution >= 0.6 is 0 Å². The van der Waals surface area contributed by atoms with E-state index in [-0.39, 0.29) is 11.7 Å². The summed E-state index contributed by atoms with van der Waals surface area (Å²) in [5, 5.41) is 1.04. The van der Waals surface area contributed by atoms with Crippen molar-refractivity contribution in [1.82, 2.24) is 14.8 Å². The lowest BCUT2D eigenvalue weighted by Gasteiger charge is -2.28. The van der Waals surface area contributed by atoms with Gasteiger partial charge in [-0.15, -0.1) is 0 Å². The number of carbonyl (C=O) groups is 1. The number of rotatable bonds is 5. The zero-order valence-corrected chi connectivity index (χ0v) is 15.2. The van der Waals surface area contributed by atoms with E-state index in [9.17, 15) is 9.18 Å². The van der Waals surface area contributed by atoms with E-state index in [0.717, 1.165) is 16.5 Å². The molecule has 0 aliphatic rings. The highest BCUT2D eigenvalue weighted by Crippen LogP contribution is 2.23. The summed E-state index contributed by atoms with van der Waals surface area (Å²) >= 11 is 0. The van der Waals surface area contributed by atoms with Crippen LogP contribution in [0.2, 0.25) is 0 Å². The monoisotopic (exact) mass is 351 g/mol. The molecule has 2 aromatic carbocycles. The van der Waals surface area contributed by atoms with Gasteiger partial charge in [0, 0.05) is 25.2 Å². The van der Waals surface area contributed by atoms with Crippen molar-refractivity contribution in [2.24, 2.45) is 0 Å². The molecule has 134 valence electrons. The van der Waals surface area contributed by atoms with E-state index in [1.165, 1.54) is 12.1 Å². The second-order valence-electron chi connectivity index (χ2n) is 6.65. The van der Waals surface area contributed by atoms with E-state index in [4.69, 9.17) is 0 Å². The summed E-state index contributed by atoms with van der Waals surface area (Å²) in [4.78, 5) is 20.8. The molecule has 26 heavy (non-hydrogen) atoms. The van der Waals surface area contributed by atoms with Gasteiger partial charge in [0.05, 0.1) is 5.52 Å². The maximum atomic E-state index is 13.6. The summed E-state index contributed by atoms with van der Waals surface area (Å²) in [6.45, 7) is 0.476. The highest BCUT2D eigenvalue weighted by Gasteiger charge is 2.26. The van der Waals surface area contributed by atoms with Crippen LogP contribution in [0.15, 0.2) is 60.8 Å². The van der Waals surface area contributed by atoms with Gasteiger partial charge in [-0.25, -0.2) is 4.39 Å². The van der Waals surface area contributed by atoms with Crippen LogP contribution in [0.4, 0.5) is 4.39 Å². The number of pyridine rings is 1. The quantitative estimate of drug-likeness (QED) is 0.704. The van der Waals surface area contributed by atoms with Gasteiger partial charge in [-0.2, -0.15) is 0 Å². The van der Waals surface area contributed by atoms with Gasteiger partial charge in [0.2, 0.25) is 5.91 Å². The number of hydrogen-bond donors (Lipinski definition) is 0. The third-order valence-corrected chi connectivity index (χ3v) is 4.38. The van der Waals surface area contributed by atoms with Gasteiger partial charge >= 0.3 is 0 Å². The molecule has 0 radical (unpaired) electrons. The predicted octanol–water partition coefficient (Wildman–Crippen LogP) is 3.64. The molecule has 4 nitrogen and oxygen atoms in total. The normalized spacial score (nSPS) is 12.3. The minimum absolute atomic E-state index is 0.0770. The molecule has 5 heteroatoms. The lowest BCUT2D eigenvalue weighted by Crippen LogP contribution is -2.38. The summed E-state index contributed by atoms with van der Waals surface area (Å²) in [5.74, 6) is -0.418. The van der Waals surface area contributed by atoms with Crippen molar-refractivity contribution >= 4 is 16.8 Å². The molecule has 1 heterocycles. The first-order valence-corrected chi connectivity index (χ1v) is 8.46. The Hall–Kier alpha value is -2.79. The highest BCUT2D eigenvalue weighted by molar-refractivity contribution is 5.83. The number of halogens is 1. The Balaban J connectivity index is 1.82. The van der Waals surface area contributed by atoms with Crippen LogP contribution in [0, 0.1) is 5.82 Å². The number of nitrogens with zero attached hydrogens (tertiary/aromatic N) is 3. The maximum absolute atomic E-state index is 13.6. The van der Waals surface area contributed by atoms with Crippen LogP contribution in [0.5, 0.6) is 0 Å². The highest BCUT2D eigenvalue weighted by atomic mass is 19.1. The molecule has 3 aromatic rings. The molecule has 0 aliphatic heterocycles. The summed E-state index contributed by atoms with van der Waals surface area (Å²) in [6.07, 6.45) is 1.76. The third kappa shape index (κ3) is 3.89. The van der Waals surface area contributed by atoms with Gasteiger partial charge in [-0.05, 0) is 55.6 Å². The number of hydrogen-bond acceptors (Lipinski definition) is 3. The van der Waals surface area contributed by atoms with E-state index in [0.29, 0.717) is 12.1 Å². The lowest BCUT2D eigenvalue weighted by atomic mass is 10.0. The van der Waals surface area contributed by atoms with Gasteiger partial charge in [-0.1, -0.05) is 24.3 Å². The number of aromatic nitrogens is 1. The van der Waals surface area contributed by atoms with Crippen molar-refractivity contribution in [2.75, 3.05) is 21.1 Å². The molecule has 1 aromatic heterocycles. The van der Waals surface area contributed by atoms with Crippen LogP contribution in [-0.4, -0.2) is 41.8 Å². The molecule has 1 atom stereocenters. The summed E-state index contributed by atoms with van der Waals surface area (Å²) in [6, 6.07) is 15.6. The Morgan fingerprint density at radius 2 is 1.88 bits per heavy atom. The van der Waals surface area contributed by atoms with E-state index in [1.807, 2.05) is 44.4 Å². The Kier molecular flexibility index (Phi) is 5.28. The molecule has 3 rings (SSSR count). The fourth-order valence-corrected chi connectivity index (χ4v) is 3.12. The van der Waals surface area contributed by atoms with Crippen molar-refractivity contribution in [3.05, 3.63) is 77.7 Å². The first-order valence-electron chi connectivity index (χ1n) is 8.46. The average Bonchev–Trinajstić information content (AvgIpc) is 2.61. The molecule has 0 N–H and O–H groups in total. The number of amides is 1. The standard InChI is InChI=1S/C21H22FN3O/c1-24(2)20(17-6-4-8-18(22)13-17)21(26)25(3)14-15-9-10-19-16(12-15)7-5-11-23-19/h4-13,20H,14H2,1-3H3/t20-/m1/s1. The van der Waals surface area contributed by atoms with Crippen LogP contribution in [0.1, 0.15) is 17.2 Å². The van der Waals surface area contributed by atoms with Crippen LogP contribution < -0.4 is 0 Å². The van der Waals surface area contributed by atoms with Crippen LogP contribution in [0.25, 0.3) is 10.9 Å². The molecular formula is C21H22FN3O. The minimum atomic E-state index is -0.530. The topological polar surface area (TPSA) is 36.4 Å². The Labute approximate surface area is 152 Å². The zero-order chi connectivity index (χ0) is 18.7. The first-order chi connectivity index (χ1) is 12.5. The minimum Gasteiger partial charge on any atom is -0.340 e. The third-order valence-electron chi connectivity index (χ3n) is 4.38. The van der Waals surface area contributed by atoms with Crippen molar-refractivity contribution < 1.29 is 9.18 Å². The number of likely N-dealkylation sites (N-methyl/N-ethyl adjacent to an activating group) is 2. The fraction of sp³-hybridized carbons (Fsp3) is 0.238. The molecule has 0 fully saturated rings. The van der Waals surface area contributed by atoms with Gasteiger partial charge in [0.15, 0.2) is 0 Å². The molecular weight excluding hydrogens is 329 g/mol. The number of fused-ring (bicyclic) bond motifs is 1. The van der Waals surface area contributed by atoms with E-state index >= 15 is 0 Å². The molecule has 0 saturated heterocycles. The Morgan fingerprint density at radius 1 is 1.08 bits per heavy atom. The predicted molar refractivity (Wildman–Crippen MR) is 101 cm³/mol. The maximum Gasteiger partial charge on any atom is 0.244 e. The molecule has 0 saturated carbocycles. The average molecular weight is 351 g/mol. The Morgan fingerprint density at radius 3 is 2.62 bits per heavy atom. The van der Waals surface area contributed by atoms with Crippen molar-refractivity contribution in [2.45, 2.75) is 12.6 Å². The van der Waals surface area contributed by atoms with Crippen LogP contribution in [0.3, 0.4) is 0 Å². The van der Waals surface area contributed by atoms with Crippen molar-refractivity contribution in [3.8, 4) is 0 Å². The van der Waals surface area contributed by atoms with Crippen molar-refractivity contribution in [3.63, 3.8) is 0 Å². The second kappa shape index (κ2) is 7.62. The van der Waals surface area contributed by atoms with Gasteiger partial charge < -0.3 is 4.90 Å². The zero-order valence-electron chi connectivity index (χ0n) is 15.2. The summed E-state index contributed by atoms with van der Waals surface area (Å²) < 4.78 is 13.6. The smallest absolute Gasteiger partial charge is 0.244 e. The summed E-state index contributed by atoms with van der Waals surface area (Å²) in [5.41, 5.74) is 2.60. The number of carbonyl (C=O) groups excluding carboxylic acids is 1. The fourth-order valence-electron chi connectivity index (χ4n) is 3.12. The second-order valence-corrected chi connectivity index (χ2v) is 6.65. The molecule has 0 unspecified atom stereocenters. The van der Waals surface area contributed by atoms with Gasteiger partial charge in [-0.3, -0.25) is 14.7 Å². The van der Waals surface area contributed by atoms with Crippen LogP contribution in [-0.2, 0) is 11.3 Å². The molecule has 1 amide bonds. The molecule has 0 aliphatic carbocycles. The van der Waals surface area contributed by atoms with Gasteiger partial charge in [0.25, 0.3) is 0 Å². The number of benzene rings is 2. The lowest BCUT2D eigenvalue weighted by molar-refractivity contribution is -0.135. The first kappa shape index (κ1) is 18.0. The van der Waals surface area contributed by atoms with Gasteiger partial charge in [0.1, 0.15) is 11.9 Å².